The fourth-order valence-corrected chi connectivity index (χ4v) is 2.46. The first kappa shape index (κ1) is 11.1. The minimum atomic E-state index is 0.876. The zero-order valence-electron chi connectivity index (χ0n) is 9.74. The molecule has 4 heteroatoms. The highest BCUT2D eigenvalue weighted by atomic mass is 32.1. The summed E-state index contributed by atoms with van der Waals surface area (Å²) in [7, 11) is 0. The van der Waals surface area contributed by atoms with Crippen LogP contribution in [0.4, 0.5) is 5.13 Å². The number of hydrogen-bond donors (Lipinski definition) is 1. The van der Waals surface area contributed by atoms with Crippen LogP contribution in [0.2, 0.25) is 0 Å². The predicted molar refractivity (Wildman–Crippen MR) is 69.0 cm³/mol. The van der Waals surface area contributed by atoms with Crippen molar-refractivity contribution < 1.29 is 0 Å². The topological polar surface area (TPSA) is 37.8 Å². The van der Waals surface area contributed by atoms with Gasteiger partial charge in [-0.15, -0.1) is 10.2 Å². The van der Waals surface area contributed by atoms with Gasteiger partial charge in [-0.25, -0.2) is 0 Å². The summed E-state index contributed by atoms with van der Waals surface area (Å²) >= 11 is 1.59. The van der Waals surface area contributed by atoms with E-state index < -0.39 is 0 Å². The number of aryl methyl sites for hydroxylation is 2. The Morgan fingerprint density at radius 1 is 1.12 bits per heavy atom. The lowest BCUT2D eigenvalue weighted by molar-refractivity contribution is 1.07. The second kappa shape index (κ2) is 4.61. The predicted octanol–water partition coefficient (Wildman–Crippen LogP) is 3.25. The second-order valence-electron chi connectivity index (χ2n) is 3.82. The summed E-state index contributed by atoms with van der Waals surface area (Å²) in [5.41, 5.74) is 3.67. The Balaban J connectivity index is 2.34. The number of anilines is 1. The van der Waals surface area contributed by atoms with E-state index in [9.17, 15) is 0 Å². The Morgan fingerprint density at radius 3 is 2.44 bits per heavy atom. The number of nitrogens with zero attached hydrogens (tertiary/aromatic N) is 2. The summed E-state index contributed by atoms with van der Waals surface area (Å²) in [6.45, 7) is 7.13. The third-order valence-electron chi connectivity index (χ3n) is 2.22. The maximum absolute atomic E-state index is 4.19. The van der Waals surface area contributed by atoms with Crippen LogP contribution < -0.4 is 5.32 Å². The molecule has 1 aromatic heterocycles. The summed E-state index contributed by atoms with van der Waals surface area (Å²) < 4.78 is 0. The highest BCUT2D eigenvalue weighted by molar-refractivity contribution is 7.18. The van der Waals surface area contributed by atoms with E-state index in [1.807, 2.05) is 0 Å². The second-order valence-corrected chi connectivity index (χ2v) is 4.80. The van der Waals surface area contributed by atoms with Crippen molar-refractivity contribution in [1.82, 2.24) is 10.2 Å². The molecule has 3 nitrogen and oxygen atoms in total. The zero-order valence-corrected chi connectivity index (χ0v) is 10.6. The van der Waals surface area contributed by atoms with Crippen LogP contribution in [0.15, 0.2) is 18.2 Å². The van der Waals surface area contributed by atoms with Crippen molar-refractivity contribution >= 4 is 16.5 Å². The van der Waals surface area contributed by atoms with Crippen LogP contribution in [0.3, 0.4) is 0 Å². The summed E-state index contributed by atoms with van der Waals surface area (Å²) in [4.78, 5) is 0. The van der Waals surface area contributed by atoms with Crippen molar-refractivity contribution in [3.8, 4) is 10.6 Å². The molecule has 0 spiro atoms. The van der Waals surface area contributed by atoms with Crippen LogP contribution in [-0.2, 0) is 0 Å². The van der Waals surface area contributed by atoms with Crippen LogP contribution >= 0.6 is 11.3 Å². The van der Waals surface area contributed by atoms with Gasteiger partial charge >= 0.3 is 0 Å². The number of benzene rings is 1. The van der Waals surface area contributed by atoms with Crippen LogP contribution in [0.25, 0.3) is 10.6 Å². The monoisotopic (exact) mass is 233 g/mol. The van der Waals surface area contributed by atoms with Crippen molar-refractivity contribution in [1.29, 1.82) is 0 Å². The van der Waals surface area contributed by atoms with Crippen LogP contribution in [0.5, 0.6) is 0 Å². The van der Waals surface area contributed by atoms with Crippen LogP contribution in [0.1, 0.15) is 18.1 Å². The fourth-order valence-electron chi connectivity index (χ4n) is 1.66. The minimum absolute atomic E-state index is 0.876. The number of rotatable bonds is 3. The third kappa shape index (κ3) is 2.39. The maximum atomic E-state index is 4.19. The highest BCUT2D eigenvalue weighted by Gasteiger charge is 2.06. The molecule has 16 heavy (non-hydrogen) atoms. The third-order valence-corrected chi connectivity index (χ3v) is 3.15. The molecular weight excluding hydrogens is 218 g/mol. The quantitative estimate of drug-likeness (QED) is 0.884. The molecule has 0 radical (unpaired) electrons. The Morgan fingerprint density at radius 2 is 1.81 bits per heavy atom. The lowest BCUT2D eigenvalue weighted by Crippen LogP contribution is -1.94. The van der Waals surface area contributed by atoms with E-state index in [0.717, 1.165) is 22.2 Å². The molecule has 0 aliphatic heterocycles. The molecule has 0 atom stereocenters. The van der Waals surface area contributed by atoms with E-state index >= 15 is 0 Å². The molecule has 0 unspecified atom stereocenters. The van der Waals surface area contributed by atoms with E-state index in [1.165, 1.54) is 11.1 Å². The number of nitrogens with one attached hydrogen (secondary N) is 1. The molecule has 1 N–H and O–H groups in total. The van der Waals surface area contributed by atoms with Gasteiger partial charge in [0, 0.05) is 12.1 Å². The van der Waals surface area contributed by atoms with E-state index in [2.05, 4.69) is 54.5 Å². The lowest BCUT2D eigenvalue weighted by atomic mass is 10.1. The molecule has 1 heterocycles. The molecule has 0 fully saturated rings. The molecule has 84 valence electrons. The molecular formula is C12H15N3S. The maximum Gasteiger partial charge on any atom is 0.205 e. The zero-order chi connectivity index (χ0) is 11.5. The molecule has 0 saturated heterocycles. The Hall–Kier alpha value is -1.42. The van der Waals surface area contributed by atoms with Gasteiger partial charge in [0.25, 0.3) is 0 Å². The van der Waals surface area contributed by atoms with Gasteiger partial charge in [0.15, 0.2) is 0 Å². The van der Waals surface area contributed by atoms with E-state index in [4.69, 9.17) is 0 Å². The summed E-state index contributed by atoms with van der Waals surface area (Å²) in [5.74, 6) is 0. The average Bonchev–Trinajstić information content (AvgIpc) is 2.65. The molecule has 0 bridgehead atoms. The fraction of sp³-hybridized carbons (Fsp3) is 0.333. The van der Waals surface area contributed by atoms with Gasteiger partial charge in [0.05, 0.1) is 0 Å². The Kier molecular flexibility index (Phi) is 3.19. The molecule has 0 amide bonds. The van der Waals surface area contributed by atoms with Gasteiger partial charge in [0.1, 0.15) is 5.01 Å². The minimum Gasteiger partial charge on any atom is -0.360 e. The molecule has 0 aliphatic rings. The number of aromatic nitrogens is 2. The van der Waals surface area contributed by atoms with Gasteiger partial charge in [-0.2, -0.15) is 0 Å². The summed E-state index contributed by atoms with van der Waals surface area (Å²) in [6, 6.07) is 6.45. The van der Waals surface area contributed by atoms with Gasteiger partial charge in [-0.05, 0) is 32.9 Å². The first-order chi connectivity index (χ1) is 7.69. The molecule has 1 aromatic carbocycles. The Bertz CT molecular complexity index is 471. The van der Waals surface area contributed by atoms with Crippen molar-refractivity contribution in [2.45, 2.75) is 20.8 Å². The van der Waals surface area contributed by atoms with Gasteiger partial charge in [-0.1, -0.05) is 28.5 Å². The first-order valence-electron chi connectivity index (χ1n) is 5.35. The van der Waals surface area contributed by atoms with Crippen molar-refractivity contribution in [2.24, 2.45) is 0 Å². The Labute approximate surface area is 99.5 Å². The molecule has 0 saturated carbocycles. The summed E-state index contributed by atoms with van der Waals surface area (Å²) in [5, 5.41) is 13.3. The summed E-state index contributed by atoms with van der Waals surface area (Å²) in [6.07, 6.45) is 0. The molecule has 0 aliphatic carbocycles. The van der Waals surface area contributed by atoms with Gasteiger partial charge in [-0.3, -0.25) is 0 Å². The standard InChI is InChI=1S/C12H15N3S/c1-4-13-12-15-14-11(16-12)10-6-8(2)5-9(3)7-10/h5-7H,4H2,1-3H3,(H,13,15). The van der Waals surface area contributed by atoms with Gasteiger partial charge < -0.3 is 5.32 Å². The highest BCUT2D eigenvalue weighted by Crippen LogP contribution is 2.27. The van der Waals surface area contributed by atoms with Crippen LogP contribution in [0, 0.1) is 13.8 Å². The lowest BCUT2D eigenvalue weighted by Gasteiger charge is -2.00. The smallest absolute Gasteiger partial charge is 0.205 e. The van der Waals surface area contributed by atoms with E-state index in [-0.39, 0.29) is 0 Å². The molecule has 2 rings (SSSR count). The SMILES string of the molecule is CCNc1nnc(-c2cc(C)cc(C)c2)s1. The normalized spacial score (nSPS) is 10.4. The van der Waals surface area contributed by atoms with Crippen molar-refractivity contribution in [3.63, 3.8) is 0 Å². The average molecular weight is 233 g/mol. The van der Waals surface area contributed by atoms with Crippen LogP contribution in [-0.4, -0.2) is 16.7 Å². The molecule has 2 aromatic rings. The van der Waals surface area contributed by atoms with E-state index in [1.54, 1.807) is 11.3 Å². The first-order valence-corrected chi connectivity index (χ1v) is 6.16. The number of hydrogen-bond acceptors (Lipinski definition) is 4. The largest absolute Gasteiger partial charge is 0.360 e. The van der Waals surface area contributed by atoms with Gasteiger partial charge in [0.2, 0.25) is 5.13 Å². The van der Waals surface area contributed by atoms with Crippen molar-refractivity contribution in [3.05, 3.63) is 29.3 Å². The van der Waals surface area contributed by atoms with Crippen molar-refractivity contribution in [2.75, 3.05) is 11.9 Å². The van der Waals surface area contributed by atoms with E-state index in [0.29, 0.717) is 0 Å².